The highest BCUT2D eigenvalue weighted by molar-refractivity contribution is 6.09. The molecule has 210 valence electrons. The molecule has 4 aromatic carbocycles. The molecule has 8 heteroatoms. The van der Waals surface area contributed by atoms with Crippen LogP contribution in [0.4, 0.5) is 5.69 Å². The van der Waals surface area contributed by atoms with Gasteiger partial charge in [-0.2, -0.15) is 0 Å². The highest BCUT2D eigenvalue weighted by Gasteiger charge is 2.20. The summed E-state index contributed by atoms with van der Waals surface area (Å²) in [5.41, 5.74) is 3.78. The lowest BCUT2D eigenvalue weighted by atomic mass is 9.99. The van der Waals surface area contributed by atoms with Gasteiger partial charge in [0, 0.05) is 31.7 Å². The number of amides is 2. The van der Waals surface area contributed by atoms with E-state index in [1.165, 1.54) is 11.1 Å². The van der Waals surface area contributed by atoms with Crippen LogP contribution in [-0.4, -0.2) is 50.6 Å². The Hall–Kier alpha value is -4.82. The first kappa shape index (κ1) is 27.7. The monoisotopic (exact) mass is 551 g/mol. The normalized spacial score (nSPS) is 12.6. The summed E-state index contributed by atoms with van der Waals surface area (Å²) in [6, 6.07) is 27.4. The molecule has 2 N–H and O–H groups in total. The Morgan fingerprint density at radius 2 is 1.44 bits per heavy atom. The van der Waals surface area contributed by atoms with E-state index in [9.17, 15) is 9.59 Å². The number of fused-ring (bicyclic) bond motifs is 1. The second-order valence-corrected chi connectivity index (χ2v) is 9.70. The zero-order valence-electron chi connectivity index (χ0n) is 23.2. The van der Waals surface area contributed by atoms with E-state index in [1.54, 1.807) is 62.8 Å². The molecule has 41 heavy (non-hydrogen) atoms. The van der Waals surface area contributed by atoms with Gasteiger partial charge in [-0.1, -0.05) is 30.3 Å². The lowest BCUT2D eigenvalue weighted by molar-refractivity contribution is 0.0948. The summed E-state index contributed by atoms with van der Waals surface area (Å²) in [5, 5.41) is 5.88. The van der Waals surface area contributed by atoms with E-state index in [4.69, 9.17) is 14.2 Å². The van der Waals surface area contributed by atoms with Gasteiger partial charge in [0.25, 0.3) is 11.8 Å². The number of ether oxygens (including phenoxy) is 3. The van der Waals surface area contributed by atoms with Gasteiger partial charge in [0.1, 0.15) is 11.5 Å². The number of hydrogen-bond donors (Lipinski definition) is 2. The molecular formula is C33H33N3O5. The molecule has 0 radical (unpaired) electrons. The maximum Gasteiger partial charge on any atom is 0.255 e. The van der Waals surface area contributed by atoms with Crippen molar-refractivity contribution in [1.29, 1.82) is 0 Å². The minimum Gasteiger partial charge on any atom is -0.493 e. The lowest BCUT2D eigenvalue weighted by Gasteiger charge is -2.29. The minimum absolute atomic E-state index is 0.240. The third-order valence-corrected chi connectivity index (χ3v) is 7.03. The van der Waals surface area contributed by atoms with Gasteiger partial charge in [0.15, 0.2) is 11.5 Å². The van der Waals surface area contributed by atoms with Crippen LogP contribution in [0.15, 0.2) is 91.0 Å². The highest BCUT2D eigenvalue weighted by Crippen LogP contribution is 2.33. The van der Waals surface area contributed by atoms with Crippen LogP contribution in [0.1, 0.15) is 31.8 Å². The molecule has 1 aliphatic heterocycles. The summed E-state index contributed by atoms with van der Waals surface area (Å²) < 4.78 is 16.7. The van der Waals surface area contributed by atoms with E-state index >= 15 is 0 Å². The molecule has 1 heterocycles. The van der Waals surface area contributed by atoms with Crippen LogP contribution in [-0.2, 0) is 13.0 Å². The first-order valence-electron chi connectivity index (χ1n) is 13.5. The molecule has 0 aliphatic carbocycles. The molecule has 0 atom stereocenters. The zero-order valence-corrected chi connectivity index (χ0v) is 23.2. The smallest absolute Gasteiger partial charge is 0.255 e. The molecule has 0 aromatic heterocycles. The quantitative estimate of drug-likeness (QED) is 0.269. The Kier molecular flexibility index (Phi) is 8.81. The predicted octanol–water partition coefficient (Wildman–Crippen LogP) is 5.54. The maximum atomic E-state index is 13.1. The molecule has 5 rings (SSSR count). The first-order chi connectivity index (χ1) is 20.0. The Bertz CT molecular complexity index is 1510. The number of nitrogens with zero attached hydrogens (tertiary/aromatic N) is 1. The molecular weight excluding hydrogens is 518 g/mol. The molecule has 0 spiro atoms. The van der Waals surface area contributed by atoms with Crippen LogP contribution in [0.3, 0.4) is 0 Å². The Morgan fingerprint density at radius 3 is 2.17 bits per heavy atom. The number of hydrogen-bond acceptors (Lipinski definition) is 6. The van der Waals surface area contributed by atoms with Crippen LogP contribution in [0.5, 0.6) is 23.0 Å². The maximum absolute atomic E-state index is 13.1. The number of benzene rings is 4. The van der Waals surface area contributed by atoms with Crippen molar-refractivity contribution in [2.75, 3.05) is 39.2 Å². The molecule has 0 fully saturated rings. The Morgan fingerprint density at radius 1 is 0.780 bits per heavy atom. The van der Waals surface area contributed by atoms with E-state index in [2.05, 4.69) is 15.5 Å². The number of carbonyl (C=O) groups is 2. The van der Waals surface area contributed by atoms with Crippen LogP contribution in [0, 0.1) is 0 Å². The third kappa shape index (κ3) is 6.85. The fourth-order valence-electron chi connectivity index (χ4n) is 4.84. The van der Waals surface area contributed by atoms with Crippen LogP contribution >= 0.6 is 0 Å². The fourth-order valence-corrected chi connectivity index (χ4v) is 4.84. The average molecular weight is 552 g/mol. The molecule has 0 unspecified atom stereocenters. The largest absolute Gasteiger partial charge is 0.493 e. The van der Waals surface area contributed by atoms with Gasteiger partial charge in [-0.25, -0.2) is 0 Å². The zero-order chi connectivity index (χ0) is 28.6. The molecule has 4 aromatic rings. The van der Waals surface area contributed by atoms with Gasteiger partial charge in [-0.05, 0) is 78.2 Å². The van der Waals surface area contributed by atoms with E-state index in [0.29, 0.717) is 35.7 Å². The number of carbonyl (C=O) groups excluding carboxylic acids is 2. The van der Waals surface area contributed by atoms with Crippen molar-refractivity contribution < 1.29 is 23.8 Å². The van der Waals surface area contributed by atoms with Crippen molar-refractivity contribution in [3.8, 4) is 23.0 Å². The lowest BCUT2D eigenvalue weighted by Crippen LogP contribution is -2.38. The minimum atomic E-state index is -0.310. The second-order valence-electron chi connectivity index (χ2n) is 9.70. The summed E-state index contributed by atoms with van der Waals surface area (Å²) in [6.45, 7) is 2.84. The summed E-state index contributed by atoms with van der Waals surface area (Å²) >= 11 is 0. The average Bonchev–Trinajstić information content (AvgIpc) is 3.01. The highest BCUT2D eigenvalue weighted by atomic mass is 16.5. The van der Waals surface area contributed by atoms with Crippen molar-refractivity contribution in [2.24, 2.45) is 0 Å². The fraction of sp³-hybridized carbons (Fsp3) is 0.212. The summed E-state index contributed by atoms with van der Waals surface area (Å²) in [7, 11) is 3.28. The van der Waals surface area contributed by atoms with Gasteiger partial charge >= 0.3 is 0 Å². The summed E-state index contributed by atoms with van der Waals surface area (Å²) in [6.07, 6.45) is 0.901. The molecule has 0 saturated heterocycles. The van der Waals surface area contributed by atoms with Crippen molar-refractivity contribution in [3.05, 3.63) is 113 Å². The number of nitrogens with one attached hydrogen (secondary N) is 2. The molecule has 1 aliphatic rings. The van der Waals surface area contributed by atoms with E-state index in [1.807, 2.05) is 42.5 Å². The van der Waals surface area contributed by atoms with Gasteiger partial charge in [-0.15, -0.1) is 0 Å². The van der Waals surface area contributed by atoms with Crippen LogP contribution in [0.2, 0.25) is 0 Å². The van der Waals surface area contributed by atoms with E-state index in [-0.39, 0.29) is 11.8 Å². The van der Waals surface area contributed by atoms with Crippen molar-refractivity contribution in [1.82, 2.24) is 10.2 Å². The standard InChI is InChI=1S/C33H33N3O5/c1-39-30-20-24-16-18-36(22-25(24)21-31(30)40-2)19-17-34-33(38)28-10-6-7-11-29(28)35-32(37)23-12-14-27(15-13-23)41-26-8-4-3-5-9-26/h3-15,20-21H,16-19,22H2,1-2H3,(H,34,38)(H,35,37). The van der Waals surface area contributed by atoms with Gasteiger partial charge in [0.2, 0.25) is 0 Å². The SMILES string of the molecule is COc1cc2c(cc1OC)CN(CCNC(=O)c1ccccc1NC(=O)c1ccc(Oc3ccccc3)cc1)CC2. The van der Waals surface area contributed by atoms with Crippen molar-refractivity contribution >= 4 is 17.5 Å². The van der Waals surface area contributed by atoms with E-state index in [0.717, 1.165) is 36.8 Å². The van der Waals surface area contributed by atoms with Crippen LogP contribution in [0.25, 0.3) is 0 Å². The predicted molar refractivity (Wildman–Crippen MR) is 158 cm³/mol. The molecule has 0 saturated carbocycles. The first-order valence-corrected chi connectivity index (χ1v) is 13.5. The topological polar surface area (TPSA) is 89.1 Å². The number of rotatable bonds is 10. The van der Waals surface area contributed by atoms with Gasteiger partial charge in [-0.3, -0.25) is 14.5 Å². The molecule has 0 bridgehead atoms. The Labute approximate surface area is 239 Å². The van der Waals surface area contributed by atoms with E-state index < -0.39 is 0 Å². The number of methoxy groups -OCH3 is 2. The van der Waals surface area contributed by atoms with Crippen molar-refractivity contribution in [2.45, 2.75) is 13.0 Å². The third-order valence-electron chi connectivity index (χ3n) is 7.03. The molecule has 2 amide bonds. The van der Waals surface area contributed by atoms with Crippen molar-refractivity contribution in [3.63, 3.8) is 0 Å². The second kappa shape index (κ2) is 13.0. The Balaban J connectivity index is 1.15. The van der Waals surface area contributed by atoms with Crippen LogP contribution < -0.4 is 24.8 Å². The summed E-state index contributed by atoms with van der Waals surface area (Å²) in [5.74, 6) is 2.26. The van der Waals surface area contributed by atoms with Gasteiger partial charge < -0.3 is 24.8 Å². The number of anilines is 1. The molecule has 8 nitrogen and oxygen atoms in total. The number of para-hydroxylation sites is 2. The van der Waals surface area contributed by atoms with Gasteiger partial charge in [0.05, 0.1) is 25.5 Å². The summed E-state index contributed by atoms with van der Waals surface area (Å²) in [4.78, 5) is 28.3.